The molecule has 0 spiro atoms. The minimum Gasteiger partial charge on any atom is -0.371 e. The monoisotopic (exact) mass is 192 g/mol. The van der Waals surface area contributed by atoms with E-state index in [1.165, 1.54) is 12.3 Å². The summed E-state index contributed by atoms with van der Waals surface area (Å²) in [5, 5.41) is 0. The van der Waals surface area contributed by atoms with E-state index in [9.17, 15) is 0 Å². The van der Waals surface area contributed by atoms with Crippen LogP contribution >= 0.6 is 16.5 Å². The van der Waals surface area contributed by atoms with E-state index in [1.54, 1.807) is 0 Å². The molecule has 1 unspecified atom stereocenters. The normalized spacial score (nSPS) is 47.2. The fourth-order valence-electron chi connectivity index (χ4n) is 1.52. The topological polar surface area (TPSA) is 18.5 Å². The van der Waals surface area contributed by atoms with Crippen molar-refractivity contribution in [2.75, 3.05) is 32.2 Å². The molecule has 0 aromatic heterocycles. The molecule has 4 atom stereocenters. The van der Waals surface area contributed by atoms with Gasteiger partial charge in [0.05, 0.1) is 13.2 Å². The zero-order chi connectivity index (χ0) is 7.68. The molecule has 2 rings (SSSR count). The lowest BCUT2D eigenvalue weighted by molar-refractivity contribution is 0.0368. The maximum absolute atomic E-state index is 5.66. The van der Waals surface area contributed by atoms with Gasteiger partial charge in [0.15, 0.2) is 0 Å². The summed E-state index contributed by atoms with van der Waals surface area (Å²) in [6.45, 7) is 4.27. The van der Waals surface area contributed by atoms with Crippen LogP contribution in [0.15, 0.2) is 0 Å². The number of rotatable bonds is 1. The molecule has 4 heteroatoms. The van der Waals surface area contributed by atoms with Crippen molar-refractivity contribution in [3.05, 3.63) is 0 Å². The summed E-state index contributed by atoms with van der Waals surface area (Å²) in [5.41, 5.74) is 0. The lowest BCUT2D eigenvalue weighted by atomic mass is 10.7. The van der Waals surface area contributed by atoms with Gasteiger partial charge in [0.2, 0.25) is 0 Å². The Kier molecular flexibility index (Phi) is 2.79. The van der Waals surface area contributed by atoms with Gasteiger partial charge in [-0.2, -0.15) is 0 Å². The highest BCUT2D eigenvalue weighted by molar-refractivity contribution is 7.58. The standard InChI is InChI=1S/C7H14O2P2/c1-11-5-3-9-7(11)6-8-2-4-10-6/h6-7,10H,2-5H2,1H3/t6-,7-,11-/m1/s1. The van der Waals surface area contributed by atoms with E-state index in [-0.39, 0.29) is 7.92 Å². The van der Waals surface area contributed by atoms with Crippen molar-refractivity contribution in [2.45, 2.75) is 11.7 Å². The molecule has 2 fully saturated rings. The van der Waals surface area contributed by atoms with Gasteiger partial charge >= 0.3 is 0 Å². The minimum atomic E-state index is 0.120. The molecule has 11 heavy (non-hydrogen) atoms. The van der Waals surface area contributed by atoms with Crippen LogP contribution in [0.4, 0.5) is 0 Å². The molecule has 2 aliphatic heterocycles. The number of hydrogen-bond acceptors (Lipinski definition) is 2. The molecule has 0 aromatic rings. The van der Waals surface area contributed by atoms with Gasteiger partial charge in [-0.1, -0.05) is 16.5 Å². The molecule has 2 nitrogen and oxygen atoms in total. The average molecular weight is 192 g/mol. The molecule has 0 aromatic carbocycles. The SMILES string of the molecule is C[P@]1CCO[C@H]1[C@@H]1OCCP1. The van der Waals surface area contributed by atoms with Gasteiger partial charge in [-0.3, -0.25) is 0 Å². The summed E-state index contributed by atoms with van der Waals surface area (Å²) in [4.78, 5) is 0. The van der Waals surface area contributed by atoms with E-state index >= 15 is 0 Å². The quantitative estimate of drug-likeness (QED) is 0.586. The largest absolute Gasteiger partial charge is 0.371 e. The Balaban J connectivity index is 1.92. The first kappa shape index (κ1) is 8.38. The molecular weight excluding hydrogens is 178 g/mol. The fraction of sp³-hybridized carbons (Fsp3) is 1.00. The molecular formula is C7H14O2P2. The van der Waals surface area contributed by atoms with Crippen molar-refractivity contribution in [3.63, 3.8) is 0 Å². The molecule has 2 saturated heterocycles. The molecule has 0 N–H and O–H groups in total. The zero-order valence-electron chi connectivity index (χ0n) is 6.75. The lowest BCUT2D eigenvalue weighted by Crippen LogP contribution is -2.19. The van der Waals surface area contributed by atoms with Crippen LogP contribution < -0.4 is 0 Å². The van der Waals surface area contributed by atoms with Gasteiger partial charge in [0, 0.05) is 0 Å². The van der Waals surface area contributed by atoms with Crippen LogP contribution in [-0.4, -0.2) is 43.9 Å². The first-order chi connectivity index (χ1) is 5.38. The second-order valence-corrected chi connectivity index (χ2v) is 6.93. The molecule has 0 bridgehead atoms. The van der Waals surface area contributed by atoms with Crippen LogP contribution in [0, 0.1) is 0 Å². The third-order valence-corrected chi connectivity index (χ3v) is 5.99. The third-order valence-electron chi connectivity index (χ3n) is 2.17. The summed E-state index contributed by atoms with van der Waals surface area (Å²) in [6, 6.07) is 0. The summed E-state index contributed by atoms with van der Waals surface area (Å²) in [7, 11) is 1.11. The summed E-state index contributed by atoms with van der Waals surface area (Å²) in [5.74, 6) is 0.944. The van der Waals surface area contributed by atoms with E-state index in [0.29, 0.717) is 11.7 Å². The molecule has 0 radical (unpaired) electrons. The molecule has 0 saturated carbocycles. The summed E-state index contributed by atoms with van der Waals surface area (Å²) in [6.07, 6.45) is 2.54. The Bertz CT molecular complexity index is 136. The van der Waals surface area contributed by atoms with E-state index in [0.717, 1.165) is 21.8 Å². The van der Waals surface area contributed by atoms with E-state index in [1.807, 2.05) is 0 Å². The van der Waals surface area contributed by atoms with Crippen molar-refractivity contribution in [2.24, 2.45) is 0 Å². The van der Waals surface area contributed by atoms with Gasteiger partial charge in [-0.25, -0.2) is 0 Å². The Morgan fingerprint density at radius 1 is 1.36 bits per heavy atom. The Labute approximate surface area is 70.6 Å². The van der Waals surface area contributed by atoms with Gasteiger partial charge in [0.1, 0.15) is 11.7 Å². The molecule has 2 heterocycles. The Hall–Kier alpha value is 0.780. The first-order valence-electron chi connectivity index (χ1n) is 4.05. The summed E-state index contributed by atoms with van der Waals surface area (Å²) < 4.78 is 11.3. The van der Waals surface area contributed by atoms with E-state index in [2.05, 4.69) is 6.66 Å². The van der Waals surface area contributed by atoms with Crippen molar-refractivity contribution in [3.8, 4) is 0 Å². The second kappa shape index (κ2) is 3.66. The third kappa shape index (κ3) is 1.75. The van der Waals surface area contributed by atoms with Crippen LogP contribution in [0.3, 0.4) is 0 Å². The lowest BCUT2D eigenvalue weighted by Gasteiger charge is -2.20. The van der Waals surface area contributed by atoms with E-state index in [4.69, 9.17) is 9.47 Å². The average Bonchev–Trinajstić information content (AvgIpc) is 2.55. The van der Waals surface area contributed by atoms with Crippen LogP contribution in [0.5, 0.6) is 0 Å². The Morgan fingerprint density at radius 3 is 2.82 bits per heavy atom. The van der Waals surface area contributed by atoms with Gasteiger partial charge in [-0.05, 0) is 19.0 Å². The number of ether oxygens (including phenoxy) is 2. The van der Waals surface area contributed by atoms with E-state index < -0.39 is 0 Å². The molecule has 0 amide bonds. The van der Waals surface area contributed by atoms with Gasteiger partial charge in [-0.15, -0.1) is 0 Å². The summed E-state index contributed by atoms with van der Waals surface area (Å²) >= 11 is 0. The Morgan fingerprint density at radius 2 is 2.27 bits per heavy atom. The van der Waals surface area contributed by atoms with Crippen molar-refractivity contribution >= 4 is 16.5 Å². The highest BCUT2D eigenvalue weighted by Crippen LogP contribution is 2.49. The fourth-order valence-corrected chi connectivity index (χ4v) is 5.21. The predicted octanol–water partition coefficient (Wildman–Crippen LogP) is 1.49. The predicted molar refractivity (Wildman–Crippen MR) is 50.4 cm³/mol. The maximum Gasteiger partial charge on any atom is 0.106 e. The second-order valence-electron chi connectivity index (χ2n) is 2.99. The van der Waals surface area contributed by atoms with Crippen molar-refractivity contribution < 1.29 is 9.47 Å². The van der Waals surface area contributed by atoms with Crippen LogP contribution in [0.2, 0.25) is 0 Å². The van der Waals surface area contributed by atoms with Gasteiger partial charge < -0.3 is 9.47 Å². The van der Waals surface area contributed by atoms with Crippen LogP contribution in [0.1, 0.15) is 0 Å². The zero-order valence-corrected chi connectivity index (χ0v) is 8.64. The highest BCUT2D eigenvalue weighted by Gasteiger charge is 2.34. The van der Waals surface area contributed by atoms with Crippen molar-refractivity contribution in [1.29, 1.82) is 0 Å². The molecule has 64 valence electrons. The minimum absolute atomic E-state index is 0.120. The van der Waals surface area contributed by atoms with Crippen LogP contribution in [-0.2, 0) is 9.47 Å². The van der Waals surface area contributed by atoms with Crippen molar-refractivity contribution in [1.82, 2.24) is 0 Å². The van der Waals surface area contributed by atoms with Gasteiger partial charge in [0.25, 0.3) is 0 Å². The maximum atomic E-state index is 5.66. The smallest absolute Gasteiger partial charge is 0.106 e. The van der Waals surface area contributed by atoms with Crippen LogP contribution in [0.25, 0.3) is 0 Å². The first-order valence-corrected chi connectivity index (χ1v) is 7.37. The molecule has 2 aliphatic rings. The number of hydrogen-bond donors (Lipinski definition) is 0. The molecule has 0 aliphatic carbocycles. The highest BCUT2D eigenvalue weighted by atomic mass is 31.1.